The van der Waals surface area contributed by atoms with Crippen LogP contribution in [0.25, 0.3) is 0 Å². The number of rotatable bonds is 5. The maximum atomic E-state index is 11.3. The van der Waals surface area contributed by atoms with Crippen LogP contribution in [0.5, 0.6) is 0 Å². The van der Waals surface area contributed by atoms with Crippen molar-refractivity contribution in [1.29, 1.82) is 0 Å². The van der Waals surface area contributed by atoms with E-state index >= 15 is 0 Å². The molecule has 0 heterocycles. The van der Waals surface area contributed by atoms with Gasteiger partial charge < -0.3 is 9.64 Å². The molecule has 0 unspecified atom stereocenters. The average Bonchev–Trinajstić information content (AvgIpc) is 2.10. The molecule has 0 amide bonds. The predicted molar refractivity (Wildman–Crippen MR) is 56.7 cm³/mol. The maximum Gasteiger partial charge on any atom is 0.173 e. The van der Waals surface area contributed by atoms with Crippen LogP contribution in [-0.4, -0.2) is 31.4 Å². The second-order valence-electron chi connectivity index (χ2n) is 3.00. The fraction of sp³-hybridized carbons (Fsp3) is 0.455. The Labute approximate surface area is 85.4 Å². The third-order valence-electron chi connectivity index (χ3n) is 1.46. The fourth-order valence-electron chi connectivity index (χ4n) is 0.936. The maximum absolute atomic E-state index is 11.3. The number of ketones is 1. The minimum Gasteiger partial charge on any atom is -0.486 e. The van der Waals surface area contributed by atoms with Gasteiger partial charge in [-0.2, -0.15) is 0 Å². The summed E-state index contributed by atoms with van der Waals surface area (Å²) in [5, 5.41) is 0. The van der Waals surface area contributed by atoms with Crippen molar-refractivity contribution < 1.29 is 9.53 Å². The Morgan fingerprint density at radius 3 is 2.43 bits per heavy atom. The van der Waals surface area contributed by atoms with Crippen LogP contribution in [0.4, 0.5) is 0 Å². The Hall–Kier alpha value is -1.47. The van der Waals surface area contributed by atoms with E-state index < -0.39 is 0 Å². The van der Waals surface area contributed by atoms with Crippen LogP contribution in [0.3, 0.4) is 0 Å². The molecule has 0 rings (SSSR count). The van der Waals surface area contributed by atoms with E-state index in [1.54, 1.807) is 11.1 Å². The molecule has 0 aliphatic heterocycles. The third kappa shape index (κ3) is 3.97. The highest BCUT2D eigenvalue weighted by molar-refractivity contribution is 5.96. The SMILES string of the molecule is C=C=C(OCC)/C(=C/N(C)C)C(C)=O. The smallest absolute Gasteiger partial charge is 0.173 e. The number of hydrogen-bond acceptors (Lipinski definition) is 3. The lowest BCUT2D eigenvalue weighted by atomic mass is 10.1. The number of carbonyl (C=O) groups excluding carboxylic acids is 1. The Balaban J connectivity index is 5.00. The molecule has 0 saturated carbocycles. The average molecular weight is 195 g/mol. The van der Waals surface area contributed by atoms with Gasteiger partial charge in [-0.15, -0.1) is 0 Å². The molecule has 0 N–H and O–H groups in total. The lowest BCUT2D eigenvalue weighted by molar-refractivity contribution is -0.113. The summed E-state index contributed by atoms with van der Waals surface area (Å²) >= 11 is 0. The number of ether oxygens (including phenoxy) is 1. The zero-order chi connectivity index (χ0) is 11.1. The Morgan fingerprint density at radius 1 is 1.57 bits per heavy atom. The van der Waals surface area contributed by atoms with Crippen molar-refractivity contribution in [3.8, 4) is 0 Å². The Bertz CT molecular complexity index is 284. The van der Waals surface area contributed by atoms with E-state index in [2.05, 4.69) is 12.3 Å². The number of hydrogen-bond donors (Lipinski definition) is 0. The van der Waals surface area contributed by atoms with Crippen molar-refractivity contribution in [3.05, 3.63) is 29.8 Å². The summed E-state index contributed by atoms with van der Waals surface area (Å²) < 4.78 is 5.24. The molecule has 0 aromatic heterocycles. The molecule has 3 nitrogen and oxygen atoms in total. The topological polar surface area (TPSA) is 29.5 Å². The van der Waals surface area contributed by atoms with Gasteiger partial charge in [-0.05, 0) is 13.8 Å². The minimum atomic E-state index is -0.0571. The molecule has 78 valence electrons. The first-order valence-corrected chi connectivity index (χ1v) is 4.45. The molecule has 14 heavy (non-hydrogen) atoms. The largest absolute Gasteiger partial charge is 0.486 e. The first-order valence-electron chi connectivity index (χ1n) is 4.45. The van der Waals surface area contributed by atoms with E-state index in [9.17, 15) is 4.79 Å². The summed E-state index contributed by atoms with van der Waals surface area (Å²) in [4.78, 5) is 13.1. The van der Waals surface area contributed by atoms with Crippen LogP contribution < -0.4 is 0 Å². The number of allylic oxidation sites excluding steroid dienone is 1. The number of nitrogens with zero attached hydrogens (tertiary/aromatic N) is 1. The molecule has 0 spiro atoms. The summed E-state index contributed by atoms with van der Waals surface area (Å²) in [6.45, 7) is 7.33. The molecule has 0 saturated heterocycles. The molecule has 0 aliphatic carbocycles. The van der Waals surface area contributed by atoms with Gasteiger partial charge in [0.2, 0.25) is 0 Å². The summed E-state index contributed by atoms with van der Waals surface area (Å²) in [5.41, 5.74) is 3.11. The Kier molecular flexibility index (Phi) is 5.42. The van der Waals surface area contributed by atoms with Gasteiger partial charge in [0, 0.05) is 20.3 Å². The minimum absolute atomic E-state index is 0.0571. The van der Waals surface area contributed by atoms with Crippen molar-refractivity contribution in [2.75, 3.05) is 20.7 Å². The van der Waals surface area contributed by atoms with Gasteiger partial charge in [0.25, 0.3) is 0 Å². The van der Waals surface area contributed by atoms with Gasteiger partial charge in [-0.1, -0.05) is 12.3 Å². The van der Waals surface area contributed by atoms with Crippen molar-refractivity contribution in [1.82, 2.24) is 4.90 Å². The molecule has 0 fully saturated rings. The van der Waals surface area contributed by atoms with Gasteiger partial charge >= 0.3 is 0 Å². The zero-order valence-corrected chi connectivity index (χ0v) is 9.26. The van der Waals surface area contributed by atoms with Gasteiger partial charge in [-0.3, -0.25) is 4.79 Å². The van der Waals surface area contributed by atoms with Crippen LogP contribution in [-0.2, 0) is 9.53 Å². The van der Waals surface area contributed by atoms with Crippen LogP contribution in [0.1, 0.15) is 13.8 Å². The molecular weight excluding hydrogens is 178 g/mol. The van der Waals surface area contributed by atoms with E-state index in [0.29, 0.717) is 17.9 Å². The van der Waals surface area contributed by atoms with E-state index in [-0.39, 0.29) is 5.78 Å². The highest BCUT2D eigenvalue weighted by atomic mass is 16.5. The zero-order valence-electron chi connectivity index (χ0n) is 9.26. The van der Waals surface area contributed by atoms with Crippen molar-refractivity contribution >= 4 is 5.78 Å². The number of Topliss-reactive ketones (excluding diaryl/α,β-unsaturated/α-hetero) is 1. The van der Waals surface area contributed by atoms with Gasteiger partial charge in [0.15, 0.2) is 11.5 Å². The molecule has 0 radical (unpaired) electrons. The summed E-state index contributed by atoms with van der Waals surface area (Å²) in [7, 11) is 3.69. The van der Waals surface area contributed by atoms with E-state index in [1.165, 1.54) is 6.92 Å². The molecule has 0 bridgehead atoms. The second-order valence-corrected chi connectivity index (χ2v) is 3.00. The van der Waals surface area contributed by atoms with Gasteiger partial charge in [-0.25, -0.2) is 0 Å². The van der Waals surface area contributed by atoms with E-state index in [0.717, 1.165) is 0 Å². The fourth-order valence-corrected chi connectivity index (χ4v) is 0.936. The molecule has 0 aromatic rings. The lowest BCUT2D eigenvalue weighted by Crippen LogP contribution is -2.10. The standard InChI is InChI=1S/C11H17NO2/c1-6-11(14-7-2)10(9(3)13)8-12(4)5/h8H,1,7H2,2-5H3/b10-8+. The molecular formula is C11H17NO2. The van der Waals surface area contributed by atoms with Crippen LogP contribution in [0.15, 0.2) is 29.8 Å². The molecule has 0 aromatic carbocycles. The highest BCUT2D eigenvalue weighted by Crippen LogP contribution is 2.11. The van der Waals surface area contributed by atoms with Gasteiger partial charge in [0.1, 0.15) is 0 Å². The summed E-state index contributed by atoms with van der Waals surface area (Å²) in [6, 6.07) is 0. The quantitative estimate of drug-likeness (QED) is 0.289. The van der Waals surface area contributed by atoms with E-state index in [4.69, 9.17) is 4.74 Å². The van der Waals surface area contributed by atoms with Crippen LogP contribution in [0.2, 0.25) is 0 Å². The first kappa shape index (κ1) is 12.5. The highest BCUT2D eigenvalue weighted by Gasteiger charge is 2.11. The van der Waals surface area contributed by atoms with Gasteiger partial charge in [0.05, 0.1) is 12.2 Å². The second kappa shape index (κ2) is 6.06. The van der Waals surface area contributed by atoms with Crippen molar-refractivity contribution in [3.63, 3.8) is 0 Å². The summed E-state index contributed by atoms with van der Waals surface area (Å²) in [6.07, 6.45) is 1.70. The normalized spacial score (nSPS) is 10.4. The molecule has 3 heteroatoms. The molecule has 0 atom stereocenters. The predicted octanol–water partition coefficient (Wildman–Crippen LogP) is 1.73. The summed E-state index contributed by atoms with van der Waals surface area (Å²) in [5.74, 6) is 0.354. The lowest BCUT2D eigenvalue weighted by Gasteiger charge is -2.11. The van der Waals surface area contributed by atoms with Crippen LogP contribution >= 0.6 is 0 Å². The van der Waals surface area contributed by atoms with Crippen molar-refractivity contribution in [2.24, 2.45) is 0 Å². The van der Waals surface area contributed by atoms with E-state index in [1.807, 2.05) is 21.0 Å². The van der Waals surface area contributed by atoms with Crippen LogP contribution in [0, 0.1) is 0 Å². The third-order valence-corrected chi connectivity index (χ3v) is 1.46. The van der Waals surface area contributed by atoms with Crippen molar-refractivity contribution in [2.45, 2.75) is 13.8 Å². The molecule has 0 aliphatic rings. The Morgan fingerprint density at radius 2 is 2.14 bits per heavy atom. The number of carbonyl (C=O) groups is 1. The monoisotopic (exact) mass is 195 g/mol. The first-order chi connectivity index (χ1) is 6.52.